The molecule has 0 fully saturated rings. The third-order valence-corrected chi connectivity index (χ3v) is 3.77. The zero-order chi connectivity index (χ0) is 17.7. The van der Waals surface area contributed by atoms with Gasteiger partial charge in [0.15, 0.2) is 10.9 Å². The molecule has 0 aliphatic carbocycles. The SMILES string of the molecule is Cc1cccc(NC(=S)N[C@@H](NC(=O)c2ccco2)C(Cl)(Cl)Cl)c1. The highest BCUT2D eigenvalue weighted by atomic mass is 35.6. The number of halogens is 3. The minimum atomic E-state index is -1.83. The number of nitrogens with one attached hydrogen (secondary N) is 3. The van der Waals surface area contributed by atoms with Crippen molar-refractivity contribution in [3.8, 4) is 0 Å². The topological polar surface area (TPSA) is 66.3 Å². The first kappa shape index (κ1) is 18.9. The van der Waals surface area contributed by atoms with Gasteiger partial charge in [-0.15, -0.1) is 0 Å². The number of alkyl halides is 3. The second-order valence-electron chi connectivity index (χ2n) is 4.89. The normalized spacial score (nSPS) is 12.3. The van der Waals surface area contributed by atoms with Crippen molar-refractivity contribution in [1.82, 2.24) is 10.6 Å². The molecule has 0 bridgehead atoms. The number of furan rings is 1. The summed E-state index contributed by atoms with van der Waals surface area (Å²) in [4.78, 5) is 12.1. The lowest BCUT2D eigenvalue weighted by atomic mass is 10.2. The Balaban J connectivity index is 2.03. The van der Waals surface area contributed by atoms with Crippen LogP contribution in [0, 0.1) is 6.92 Å². The van der Waals surface area contributed by atoms with Crippen molar-refractivity contribution in [1.29, 1.82) is 0 Å². The highest BCUT2D eigenvalue weighted by molar-refractivity contribution is 7.80. The number of benzene rings is 1. The fourth-order valence-electron chi connectivity index (χ4n) is 1.83. The van der Waals surface area contributed by atoms with Gasteiger partial charge in [0, 0.05) is 5.69 Å². The van der Waals surface area contributed by atoms with Crippen molar-refractivity contribution in [2.45, 2.75) is 16.9 Å². The van der Waals surface area contributed by atoms with Gasteiger partial charge in [-0.3, -0.25) is 4.79 Å². The Morgan fingerprint density at radius 3 is 2.54 bits per heavy atom. The van der Waals surface area contributed by atoms with E-state index in [1.165, 1.54) is 12.3 Å². The number of hydrogen-bond acceptors (Lipinski definition) is 3. The predicted molar refractivity (Wildman–Crippen MR) is 101 cm³/mol. The van der Waals surface area contributed by atoms with E-state index in [2.05, 4.69) is 16.0 Å². The lowest BCUT2D eigenvalue weighted by molar-refractivity contribution is 0.0906. The summed E-state index contributed by atoms with van der Waals surface area (Å²) >= 11 is 22.9. The van der Waals surface area contributed by atoms with Gasteiger partial charge in [0.05, 0.1) is 6.26 Å². The molecular formula is C15H14Cl3N3O2S. The summed E-state index contributed by atoms with van der Waals surface area (Å²) < 4.78 is 3.17. The van der Waals surface area contributed by atoms with E-state index in [1.807, 2.05) is 31.2 Å². The van der Waals surface area contributed by atoms with Crippen molar-refractivity contribution < 1.29 is 9.21 Å². The zero-order valence-corrected chi connectivity index (χ0v) is 15.6. The summed E-state index contributed by atoms with van der Waals surface area (Å²) in [5.74, 6) is -0.448. The van der Waals surface area contributed by atoms with E-state index in [0.29, 0.717) is 0 Å². The molecule has 128 valence electrons. The molecule has 1 amide bonds. The van der Waals surface area contributed by atoms with E-state index in [-0.39, 0.29) is 10.9 Å². The van der Waals surface area contributed by atoms with Gasteiger partial charge in [0.2, 0.25) is 3.79 Å². The van der Waals surface area contributed by atoms with E-state index in [4.69, 9.17) is 51.4 Å². The Kier molecular flexibility index (Phi) is 6.34. The maximum absolute atomic E-state index is 12.1. The molecule has 0 unspecified atom stereocenters. The number of rotatable bonds is 4. The molecule has 3 N–H and O–H groups in total. The van der Waals surface area contributed by atoms with Crippen LogP contribution in [0.1, 0.15) is 16.1 Å². The molecule has 2 rings (SSSR count). The molecule has 2 aromatic rings. The Morgan fingerprint density at radius 2 is 1.96 bits per heavy atom. The second kappa shape index (κ2) is 8.07. The molecule has 0 spiro atoms. The van der Waals surface area contributed by atoms with Crippen LogP contribution in [0.3, 0.4) is 0 Å². The number of amides is 1. The van der Waals surface area contributed by atoms with Gasteiger partial charge >= 0.3 is 0 Å². The van der Waals surface area contributed by atoms with Gasteiger partial charge in [0.1, 0.15) is 6.17 Å². The van der Waals surface area contributed by atoms with Crippen molar-refractivity contribution in [3.63, 3.8) is 0 Å². The fourth-order valence-corrected chi connectivity index (χ4v) is 2.39. The van der Waals surface area contributed by atoms with E-state index in [0.717, 1.165) is 11.3 Å². The first-order valence-electron chi connectivity index (χ1n) is 6.81. The Morgan fingerprint density at radius 1 is 1.21 bits per heavy atom. The maximum atomic E-state index is 12.1. The monoisotopic (exact) mass is 405 g/mol. The predicted octanol–water partition coefficient (Wildman–Crippen LogP) is 4.00. The van der Waals surface area contributed by atoms with Crippen LogP contribution in [0.4, 0.5) is 5.69 Å². The lowest BCUT2D eigenvalue weighted by Gasteiger charge is -2.27. The Bertz CT molecular complexity index is 717. The van der Waals surface area contributed by atoms with Crippen LogP contribution in [0.2, 0.25) is 0 Å². The Hall–Kier alpha value is -1.47. The van der Waals surface area contributed by atoms with Crippen LogP contribution >= 0.6 is 47.0 Å². The molecule has 24 heavy (non-hydrogen) atoms. The van der Waals surface area contributed by atoms with Gasteiger partial charge < -0.3 is 20.4 Å². The average molecular weight is 407 g/mol. The minimum absolute atomic E-state index is 0.0913. The van der Waals surface area contributed by atoms with E-state index < -0.39 is 15.9 Å². The summed E-state index contributed by atoms with van der Waals surface area (Å²) in [5, 5.41) is 8.44. The quantitative estimate of drug-likeness (QED) is 0.407. The largest absolute Gasteiger partial charge is 0.459 e. The Labute approximate surface area is 159 Å². The van der Waals surface area contributed by atoms with Crippen LogP contribution in [0.25, 0.3) is 0 Å². The van der Waals surface area contributed by atoms with Crippen LogP contribution in [0.15, 0.2) is 47.1 Å². The smallest absolute Gasteiger partial charge is 0.288 e. The molecule has 1 aromatic heterocycles. The summed E-state index contributed by atoms with van der Waals surface area (Å²) in [5.41, 5.74) is 1.83. The van der Waals surface area contributed by atoms with Gasteiger partial charge in [-0.25, -0.2) is 0 Å². The van der Waals surface area contributed by atoms with Crippen LogP contribution < -0.4 is 16.0 Å². The third kappa shape index (κ3) is 5.56. The molecule has 0 saturated carbocycles. The maximum Gasteiger partial charge on any atom is 0.288 e. The standard InChI is InChI=1S/C15H14Cl3N3O2S/c1-9-4-2-5-10(8-9)19-14(24)21-13(15(16,17)18)20-12(22)11-6-3-7-23-11/h2-8,13H,1H3,(H,20,22)(H2,19,21,24)/t13-/m1/s1. The lowest BCUT2D eigenvalue weighted by Crippen LogP contribution is -2.56. The highest BCUT2D eigenvalue weighted by Crippen LogP contribution is 2.29. The van der Waals surface area contributed by atoms with Crippen LogP contribution in [-0.4, -0.2) is 21.0 Å². The number of carbonyl (C=O) groups excluding carboxylic acids is 1. The van der Waals surface area contributed by atoms with E-state index in [9.17, 15) is 4.79 Å². The van der Waals surface area contributed by atoms with Gasteiger partial charge in [0.25, 0.3) is 5.91 Å². The first-order chi connectivity index (χ1) is 11.3. The first-order valence-corrected chi connectivity index (χ1v) is 8.35. The summed E-state index contributed by atoms with van der Waals surface area (Å²) in [6.45, 7) is 1.95. The van der Waals surface area contributed by atoms with Gasteiger partial charge in [-0.05, 0) is 49.0 Å². The summed E-state index contributed by atoms with van der Waals surface area (Å²) in [6.07, 6.45) is 0.307. The molecule has 1 aromatic carbocycles. The number of aryl methyl sites for hydroxylation is 1. The molecular weight excluding hydrogens is 393 g/mol. The van der Waals surface area contributed by atoms with E-state index in [1.54, 1.807) is 6.07 Å². The van der Waals surface area contributed by atoms with Crippen LogP contribution in [0.5, 0.6) is 0 Å². The molecule has 0 saturated heterocycles. The summed E-state index contributed by atoms with van der Waals surface area (Å²) in [6, 6.07) is 10.7. The average Bonchev–Trinajstić information content (AvgIpc) is 2.99. The van der Waals surface area contributed by atoms with Crippen molar-refractivity contribution in [2.24, 2.45) is 0 Å². The summed E-state index contributed by atoms with van der Waals surface area (Å²) in [7, 11) is 0. The second-order valence-corrected chi connectivity index (χ2v) is 7.67. The zero-order valence-electron chi connectivity index (χ0n) is 12.5. The van der Waals surface area contributed by atoms with Crippen molar-refractivity contribution >= 4 is 63.7 Å². The number of carbonyl (C=O) groups is 1. The fraction of sp³-hybridized carbons (Fsp3) is 0.200. The number of thiocarbonyl (C=S) groups is 1. The molecule has 0 aliphatic rings. The molecule has 0 radical (unpaired) electrons. The molecule has 1 heterocycles. The number of hydrogen-bond donors (Lipinski definition) is 3. The molecule has 0 aliphatic heterocycles. The molecule has 5 nitrogen and oxygen atoms in total. The van der Waals surface area contributed by atoms with Crippen LogP contribution in [-0.2, 0) is 0 Å². The van der Waals surface area contributed by atoms with E-state index >= 15 is 0 Å². The van der Waals surface area contributed by atoms with Gasteiger partial charge in [-0.1, -0.05) is 46.9 Å². The van der Waals surface area contributed by atoms with Gasteiger partial charge in [-0.2, -0.15) is 0 Å². The van der Waals surface area contributed by atoms with Crippen molar-refractivity contribution in [2.75, 3.05) is 5.32 Å². The minimum Gasteiger partial charge on any atom is -0.459 e. The highest BCUT2D eigenvalue weighted by Gasteiger charge is 2.35. The number of anilines is 1. The third-order valence-electron chi connectivity index (χ3n) is 2.90. The molecule has 1 atom stereocenters. The van der Waals surface area contributed by atoms with Crippen molar-refractivity contribution in [3.05, 3.63) is 54.0 Å². The molecule has 9 heteroatoms.